The number of pyridine rings is 1. The van der Waals surface area contributed by atoms with Crippen LogP contribution in [0.5, 0.6) is 0 Å². The van der Waals surface area contributed by atoms with Crippen LogP contribution in [0.1, 0.15) is 27.9 Å². The fourth-order valence-electron chi connectivity index (χ4n) is 4.30. The van der Waals surface area contributed by atoms with Crippen LogP contribution in [0.25, 0.3) is 0 Å². The molecule has 0 N–H and O–H groups in total. The van der Waals surface area contributed by atoms with E-state index in [1.807, 2.05) is 42.0 Å². The summed E-state index contributed by atoms with van der Waals surface area (Å²) in [6.07, 6.45) is 4.23. The number of anilines is 2. The lowest BCUT2D eigenvalue weighted by Gasteiger charge is -2.38. The molecule has 0 amide bonds. The van der Waals surface area contributed by atoms with Crippen molar-refractivity contribution in [1.82, 2.24) is 19.4 Å². The molecule has 0 unspecified atom stereocenters. The fourth-order valence-corrected chi connectivity index (χ4v) is 4.30. The second kappa shape index (κ2) is 9.00. The van der Waals surface area contributed by atoms with Gasteiger partial charge in [-0.3, -0.25) is 24.1 Å². The van der Waals surface area contributed by atoms with E-state index in [0.717, 1.165) is 28.1 Å². The number of aryl methyl sites for hydroxylation is 2. The molecule has 1 aliphatic heterocycles. The zero-order chi connectivity index (χ0) is 22.8. The molecular formula is C27H27N5O. The maximum absolute atomic E-state index is 13.7. The van der Waals surface area contributed by atoms with Gasteiger partial charge in [0.2, 0.25) is 5.95 Å². The quantitative estimate of drug-likeness (QED) is 0.463. The minimum absolute atomic E-state index is 0.0225. The first-order chi connectivity index (χ1) is 16.1. The molecule has 0 aliphatic carbocycles. The van der Waals surface area contributed by atoms with Crippen LogP contribution in [0.2, 0.25) is 0 Å². The van der Waals surface area contributed by atoms with Gasteiger partial charge in [0.05, 0.1) is 19.0 Å². The normalized spacial score (nSPS) is 13.7. The number of fused-ring (bicyclic) bond motifs is 1. The molecule has 0 radical (unpaired) electrons. The lowest BCUT2D eigenvalue weighted by molar-refractivity contribution is 0.189. The molecule has 4 aromatic rings. The first-order valence-electron chi connectivity index (χ1n) is 11.2. The summed E-state index contributed by atoms with van der Waals surface area (Å²) in [5.74, 6) is 0.695. The maximum Gasteiger partial charge on any atom is 0.259 e. The van der Waals surface area contributed by atoms with Gasteiger partial charge in [-0.05, 0) is 43.2 Å². The minimum Gasteiger partial charge on any atom is -0.298 e. The number of rotatable bonds is 5. The number of hydrogen-bond donors (Lipinski definition) is 0. The second-order valence-electron chi connectivity index (χ2n) is 8.61. The Bertz CT molecular complexity index is 1300. The van der Waals surface area contributed by atoms with E-state index in [2.05, 4.69) is 64.2 Å². The fraction of sp³-hybridized carbons (Fsp3) is 0.222. The largest absolute Gasteiger partial charge is 0.298 e. The third-order valence-corrected chi connectivity index (χ3v) is 6.07. The van der Waals surface area contributed by atoms with Gasteiger partial charge in [0, 0.05) is 36.6 Å². The Balaban J connectivity index is 1.57. The van der Waals surface area contributed by atoms with Crippen LogP contribution < -0.4 is 10.5 Å². The summed E-state index contributed by atoms with van der Waals surface area (Å²) in [5, 5.41) is 0. The van der Waals surface area contributed by atoms with Gasteiger partial charge in [-0.25, -0.2) is 4.98 Å². The molecular weight excluding hydrogens is 410 g/mol. The van der Waals surface area contributed by atoms with Crippen LogP contribution in [-0.2, 0) is 19.6 Å². The number of benzene rings is 2. The second-order valence-corrected chi connectivity index (χ2v) is 8.61. The van der Waals surface area contributed by atoms with Crippen LogP contribution in [0.15, 0.2) is 83.9 Å². The van der Waals surface area contributed by atoms with Gasteiger partial charge in [-0.1, -0.05) is 54.1 Å². The third-order valence-electron chi connectivity index (χ3n) is 6.07. The van der Waals surface area contributed by atoms with Crippen molar-refractivity contribution in [3.63, 3.8) is 0 Å². The highest BCUT2D eigenvalue weighted by Crippen LogP contribution is 2.29. The zero-order valence-electron chi connectivity index (χ0n) is 19.0. The van der Waals surface area contributed by atoms with Gasteiger partial charge in [0.1, 0.15) is 0 Å². The summed E-state index contributed by atoms with van der Waals surface area (Å²) in [7, 11) is 0. The Labute approximate surface area is 193 Å². The van der Waals surface area contributed by atoms with Crippen LogP contribution in [0.4, 0.5) is 11.6 Å². The molecule has 3 heterocycles. The van der Waals surface area contributed by atoms with E-state index in [1.54, 1.807) is 6.20 Å². The highest BCUT2D eigenvalue weighted by atomic mass is 16.1. The molecule has 2 aromatic heterocycles. The smallest absolute Gasteiger partial charge is 0.259 e. The average Bonchev–Trinajstić information content (AvgIpc) is 2.84. The van der Waals surface area contributed by atoms with Crippen molar-refractivity contribution in [2.75, 3.05) is 11.6 Å². The van der Waals surface area contributed by atoms with Crippen molar-refractivity contribution in [2.24, 2.45) is 0 Å². The molecule has 2 aromatic carbocycles. The van der Waals surface area contributed by atoms with Crippen LogP contribution >= 0.6 is 0 Å². The Morgan fingerprint density at radius 1 is 0.879 bits per heavy atom. The summed E-state index contributed by atoms with van der Waals surface area (Å²) in [5.41, 5.74) is 6.00. The van der Waals surface area contributed by atoms with Crippen molar-refractivity contribution in [3.8, 4) is 0 Å². The van der Waals surface area contributed by atoms with E-state index < -0.39 is 0 Å². The number of aromatic nitrogens is 3. The molecule has 1 aliphatic rings. The molecule has 6 heteroatoms. The molecule has 0 saturated heterocycles. The van der Waals surface area contributed by atoms with Gasteiger partial charge in [0.25, 0.3) is 5.56 Å². The van der Waals surface area contributed by atoms with Gasteiger partial charge >= 0.3 is 0 Å². The van der Waals surface area contributed by atoms with Crippen molar-refractivity contribution in [1.29, 1.82) is 0 Å². The topological polar surface area (TPSA) is 54.3 Å². The summed E-state index contributed by atoms with van der Waals surface area (Å²) in [6, 6.07) is 22.5. The zero-order valence-corrected chi connectivity index (χ0v) is 19.0. The predicted octanol–water partition coefficient (Wildman–Crippen LogP) is 4.41. The lowest BCUT2D eigenvalue weighted by Crippen LogP contribution is -2.47. The standard InChI is InChI=1S/C27H27N5O/c1-20-10-12-24(13-11-20)31-18-30(17-23-9-6-14-28-16-23)19-32-26(33)25(21(2)29-27(31)32)15-22-7-4-3-5-8-22/h3-14,16H,15,17-19H2,1-2H3. The summed E-state index contributed by atoms with van der Waals surface area (Å²) in [6.45, 7) is 5.84. The van der Waals surface area contributed by atoms with E-state index in [4.69, 9.17) is 4.98 Å². The average molecular weight is 438 g/mol. The number of hydrogen-bond acceptors (Lipinski definition) is 5. The molecule has 0 spiro atoms. The molecule has 5 rings (SSSR count). The minimum atomic E-state index is 0.0225. The Kier molecular flexibility index (Phi) is 5.75. The molecule has 33 heavy (non-hydrogen) atoms. The molecule has 166 valence electrons. The predicted molar refractivity (Wildman–Crippen MR) is 130 cm³/mol. The van der Waals surface area contributed by atoms with Crippen LogP contribution in [-0.4, -0.2) is 26.1 Å². The molecule has 0 saturated carbocycles. The van der Waals surface area contributed by atoms with Gasteiger partial charge < -0.3 is 0 Å². The molecule has 0 bridgehead atoms. The Hall–Kier alpha value is -3.77. The first kappa shape index (κ1) is 21.1. The highest BCUT2D eigenvalue weighted by molar-refractivity contribution is 5.59. The summed E-state index contributed by atoms with van der Waals surface area (Å²) >= 11 is 0. The van der Waals surface area contributed by atoms with E-state index in [0.29, 0.717) is 32.3 Å². The van der Waals surface area contributed by atoms with E-state index in [-0.39, 0.29) is 5.56 Å². The third kappa shape index (κ3) is 4.43. The van der Waals surface area contributed by atoms with Gasteiger partial charge in [-0.2, -0.15) is 0 Å². The van der Waals surface area contributed by atoms with E-state index >= 15 is 0 Å². The first-order valence-corrected chi connectivity index (χ1v) is 11.2. The molecule has 0 atom stereocenters. The highest BCUT2D eigenvalue weighted by Gasteiger charge is 2.28. The van der Waals surface area contributed by atoms with Crippen LogP contribution in [0.3, 0.4) is 0 Å². The van der Waals surface area contributed by atoms with Gasteiger partial charge in [-0.15, -0.1) is 0 Å². The summed E-state index contributed by atoms with van der Waals surface area (Å²) < 4.78 is 1.81. The Morgan fingerprint density at radius 3 is 2.36 bits per heavy atom. The Morgan fingerprint density at radius 2 is 1.64 bits per heavy atom. The SMILES string of the molecule is Cc1ccc(N2CN(Cc3cccnc3)Cn3c2nc(C)c(Cc2ccccc2)c3=O)cc1. The van der Waals surface area contributed by atoms with Crippen molar-refractivity contribution < 1.29 is 0 Å². The van der Waals surface area contributed by atoms with Crippen molar-refractivity contribution >= 4 is 11.6 Å². The summed E-state index contributed by atoms with van der Waals surface area (Å²) in [4.78, 5) is 27.3. The lowest BCUT2D eigenvalue weighted by atomic mass is 10.1. The van der Waals surface area contributed by atoms with Crippen molar-refractivity contribution in [2.45, 2.75) is 33.5 Å². The maximum atomic E-state index is 13.7. The van der Waals surface area contributed by atoms with E-state index in [1.165, 1.54) is 5.56 Å². The number of nitrogens with zero attached hydrogens (tertiary/aromatic N) is 5. The van der Waals surface area contributed by atoms with Crippen molar-refractivity contribution in [3.05, 3.63) is 117 Å². The van der Waals surface area contributed by atoms with E-state index in [9.17, 15) is 4.79 Å². The molecule has 0 fully saturated rings. The molecule has 6 nitrogen and oxygen atoms in total. The van der Waals surface area contributed by atoms with Gasteiger partial charge in [0.15, 0.2) is 0 Å². The monoisotopic (exact) mass is 437 g/mol. The van der Waals surface area contributed by atoms with Crippen LogP contribution in [0, 0.1) is 13.8 Å².